The average molecular weight is 817 g/mol. The van der Waals surface area contributed by atoms with Crippen LogP contribution in [0.1, 0.15) is 149 Å². The number of nitrogens with zero attached hydrogens (tertiary/aromatic N) is 5. The molecule has 326 valence electrons. The van der Waals surface area contributed by atoms with E-state index in [2.05, 4.69) is 15.5 Å². The van der Waals surface area contributed by atoms with Crippen LogP contribution in [0.15, 0.2) is 12.4 Å². The molecule has 59 heavy (non-hydrogen) atoms. The number of hydrogen-bond donors (Lipinski definition) is 3. The highest BCUT2D eigenvalue weighted by atomic mass is 16.5. The topological polar surface area (TPSA) is 144 Å². The molecule has 2 heterocycles. The van der Waals surface area contributed by atoms with E-state index in [0.717, 1.165) is 75.0 Å². The van der Waals surface area contributed by atoms with Gasteiger partial charge >= 0.3 is 0 Å². The van der Waals surface area contributed by atoms with Gasteiger partial charge in [0.25, 0.3) is 11.8 Å². The number of rotatable bonds is 12. The lowest BCUT2D eigenvalue weighted by Gasteiger charge is -2.59. The van der Waals surface area contributed by atoms with Crippen LogP contribution in [-0.2, 0) is 14.1 Å². The molecule has 12 heteroatoms. The summed E-state index contributed by atoms with van der Waals surface area (Å²) in [6, 6.07) is 0. The van der Waals surface area contributed by atoms with Crippen molar-refractivity contribution < 1.29 is 29.3 Å². The molecule has 0 aromatic carbocycles. The number of amides is 2. The fourth-order valence-corrected chi connectivity index (χ4v) is 14.1. The molecular weight excluding hydrogens is 745 g/mol. The summed E-state index contributed by atoms with van der Waals surface area (Å²) in [6.07, 6.45) is 27.5. The minimum atomic E-state index is -0.742. The first-order valence-electron chi connectivity index (χ1n) is 23.7. The van der Waals surface area contributed by atoms with Gasteiger partial charge in [-0.1, -0.05) is 38.5 Å². The maximum Gasteiger partial charge on any atom is 0.260 e. The van der Waals surface area contributed by atoms with Crippen LogP contribution >= 0.6 is 0 Å². The van der Waals surface area contributed by atoms with Gasteiger partial charge in [0.1, 0.15) is 11.1 Å². The molecule has 2 aromatic heterocycles. The number of hydrogen-bond acceptors (Lipinski definition) is 8. The molecule has 0 atom stereocenters. The summed E-state index contributed by atoms with van der Waals surface area (Å²) >= 11 is 0. The quantitative estimate of drug-likeness (QED) is 0.209. The predicted molar refractivity (Wildman–Crippen MR) is 224 cm³/mol. The van der Waals surface area contributed by atoms with E-state index in [1.54, 1.807) is 26.7 Å². The van der Waals surface area contributed by atoms with Gasteiger partial charge in [0.05, 0.1) is 36.8 Å². The highest BCUT2D eigenvalue weighted by Crippen LogP contribution is 2.59. The van der Waals surface area contributed by atoms with Crippen LogP contribution in [-0.4, -0.2) is 91.0 Å². The zero-order chi connectivity index (χ0) is 40.9. The molecule has 0 unspecified atom stereocenters. The molecule has 2 aromatic rings. The first-order valence-corrected chi connectivity index (χ1v) is 23.7. The standard InChI is InChI=1S/C24H37N3O3.C23H35N3O3/c1-26(15-24(29)19-9-17-8-18(11-19)12-20(24)10-17)22(28)21-13-25-27(2)23(21)30-14-16-6-4-3-5-7-16;1-26-22(29-13-15-5-3-2-4-6-15)20(12-25-26)21(27)24-14-23(28)18-8-16-7-17(10-18)11-19(23)9-16/h13,16-20,29H,3-12,14-15H2,1-2H3;12,15-19,28H,2-11,13-14H2,1H3,(H,24,27). The van der Waals surface area contributed by atoms with Crippen molar-refractivity contribution in [2.75, 3.05) is 33.4 Å². The largest absolute Gasteiger partial charge is 0.477 e. The van der Waals surface area contributed by atoms with Gasteiger partial charge in [0.2, 0.25) is 11.8 Å². The third-order valence-electron chi connectivity index (χ3n) is 17.1. The van der Waals surface area contributed by atoms with Crippen LogP contribution in [0.5, 0.6) is 11.8 Å². The number of ether oxygens (including phenoxy) is 2. The van der Waals surface area contributed by atoms with Gasteiger partial charge in [-0.15, -0.1) is 0 Å². The Morgan fingerprint density at radius 3 is 1.53 bits per heavy atom. The normalized spacial score (nSPS) is 35.9. The highest BCUT2D eigenvalue weighted by molar-refractivity contribution is 5.96. The number of aryl methyl sites for hydroxylation is 2. The van der Waals surface area contributed by atoms with Gasteiger partial charge in [-0.2, -0.15) is 10.2 Å². The van der Waals surface area contributed by atoms with Crippen LogP contribution in [0.3, 0.4) is 0 Å². The van der Waals surface area contributed by atoms with E-state index in [4.69, 9.17) is 9.47 Å². The third kappa shape index (κ3) is 8.31. The Morgan fingerprint density at radius 2 is 1.07 bits per heavy atom. The van der Waals surface area contributed by atoms with Crippen molar-refractivity contribution in [3.63, 3.8) is 0 Å². The van der Waals surface area contributed by atoms with Crippen molar-refractivity contribution in [1.29, 1.82) is 0 Å². The lowest BCUT2D eigenvalue weighted by atomic mass is 9.50. The second kappa shape index (κ2) is 17.0. The molecule has 0 saturated heterocycles. The molecule has 10 aliphatic carbocycles. The number of aromatic nitrogens is 4. The molecule has 10 aliphatic rings. The van der Waals surface area contributed by atoms with Crippen LogP contribution in [0.2, 0.25) is 0 Å². The SMILES string of the molecule is CN(CC1(O)C2CC3CC(C2)CC1C3)C(=O)c1cnn(C)c1OCC1CCCCC1.Cn1ncc(C(=O)NCC2(O)C3CC4CC(C3)CC2C4)c1OCC1CCCCC1. The summed E-state index contributed by atoms with van der Waals surface area (Å²) < 4.78 is 15.5. The molecular formula is C47H72N6O6. The summed E-state index contributed by atoms with van der Waals surface area (Å²) in [5.41, 5.74) is -0.476. The summed E-state index contributed by atoms with van der Waals surface area (Å²) in [7, 11) is 5.47. The van der Waals surface area contributed by atoms with E-state index in [1.165, 1.54) is 77.0 Å². The number of aliphatic hydroxyl groups is 2. The van der Waals surface area contributed by atoms with Crippen LogP contribution in [0, 0.1) is 59.2 Å². The molecule has 12 nitrogen and oxygen atoms in total. The van der Waals surface area contributed by atoms with Crippen LogP contribution < -0.4 is 14.8 Å². The Balaban J connectivity index is 0.000000152. The van der Waals surface area contributed by atoms with Crippen molar-refractivity contribution in [1.82, 2.24) is 29.8 Å². The van der Waals surface area contributed by atoms with E-state index >= 15 is 0 Å². The van der Waals surface area contributed by atoms with Gasteiger partial charge in [-0.3, -0.25) is 9.59 Å². The zero-order valence-corrected chi connectivity index (χ0v) is 36.2. The maximum absolute atomic E-state index is 13.3. The number of nitrogens with one attached hydrogen (secondary N) is 1. The first-order chi connectivity index (χ1) is 28.5. The lowest BCUT2D eigenvalue weighted by Crippen LogP contribution is -2.62. The van der Waals surface area contributed by atoms with Crippen LogP contribution in [0.25, 0.3) is 0 Å². The monoisotopic (exact) mass is 817 g/mol. The second-order valence-electron chi connectivity index (χ2n) is 21.0. The minimum Gasteiger partial charge on any atom is -0.477 e. The van der Waals surface area contributed by atoms with E-state index in [9.17, 15) is 19.8 Å². The van der Waals surface area contributed by atoms with E-state index in [-0.39, 0.29) is 11.8 Å². The summed E-state index contributed by atoms with van der Waals surface area (Å²) in [4.78, 5) is 28.0. The van der Waals surface area contributed by atoms with Gasteiger partial charge in [0.15, 0.2) is 0 Å². The Bertz CT molecular complexity index is 1740. The summed E-state index contributed by atoms with van der Waals surface area (Å²) in [5.74, 6) is 6.55. The molecule has 8 bridgehead atoms. The van der Waals surface area contributed by atoms with Gasteiger partial charge < -0.3 is 29.9 Å². The lowest BCUT2D eigenvalue weighted by molar-refractivity contribution is -0.177. The maximum atomic E-state index is 13.3. The Kier molecular flexibility index (Phi) is 11.9. The average Bonchev–Trinajstić information content (AvgIpc) is 3.80. The molecule has 0 spiro atoms. The van der Waals surface area contributed by atoms with Crippen molar-refractivity contribution in [2.45, 2.75) is 140 Å². The number of carbonyl (C=O) groups is 2. The fourth-order valence-electron chi connectivity index (χ4n) is 14.1. The number of likely N-dealkylation sites (N-methyl/N-ethyl adjacent to an activating group) is 1. The summed E-state index contributed by atoms with van der Waals surface area (Å²) in [6.45, 7) is 2.06. The molecule has 3 N–H and O–H groups in total. The Morgan fingerprint density at radius 1 is 0.661 bits per heavy atom. The molecule has 2 amide bonds. The fraction of sp³-hybridized carbons (Fsp3) is 0.830. The van der Waals surface area contributed by atoms with E-state index in [1.807, 2.05) is 21.1 Å². The van der Waals surface area contributed by atoms with Crippen molar-refractivity contribution in [2.24, 2.45) is 73.3 Å². The first kappa shape index (κ1) is 41.2. The van der Waals surface area contributed by atoms with E-state index in [0.29, 0.717) is 84.7 Å². The number of carbonyl (C=O) groups excluding carboxylic acids is 2. The molecule has 0 aliphatic heterocycles. The molecule has 10 fully saturated rings. The molecule has 12 rings (SSSR count). The van der Waals surface area contributed by atoms with Gasteiger partial charge in [0, 0.05) is 34.2 Å². The molecule has 10 saturated carbocycles. The minimum absolute atomic E-state index is 0.0935. The zero-order valence-electron chi connectivity index (χ0n) is 36.2. The second-order valence-corrected chi connectivity index (χ2v) is 21.0. The van der Waals surface area contributed by atoms with Crippen LogP contribution in [0.4, 0.5) is 0 Å². The highest BCUT2D eigenvalue weighted by Gasteiger charge is 2.58. The Labute approximate surface area is 351 Å². The van der Waals surface area contributed by atoms with E-state index < -0.39 is 11.2 Å². The third-order valence-corrected chi connectivity index (χ3v) is 17.1. The molecule has 0 radical (unpaired) electrons. The van der Waals surface area contributed by atoms with Gasteiger partial charge in [-0.25, -0.2) is 9.36 Å². The van der Waals surface area contributed by atoms with Crippen molar-refractivity contribution >= 4 is 11.8 Å². The predicted octanol–water partition coefficient (Wildman–Crippen LogP) is 6.93. The van der Waals surface area contributed by atoms with Gasteiger partial charge in [-0.05, 0) is 149 Å². The van der Waals surface area contributed by atoms with Crippen molar-refractivity contribution in [3.8, 4) is 11.8 Å². The van der Waals surface area contributed by atoms with Crippen molar-refractivity contribution in [3.05, 3.63) is 23.5 Å². The smallest absolute Gasteiger partial charge is 0.260 e. The summed E-state index contributed by atoms with van der Waals surface area (Å²) in [5, 5.41) is 34.7. The Hall–Kier alpha value is -3.12.